The predicted octanol–water partition coefficient (Wildman–Crippen LogP) is 0.958. The monoisotopic (exact) mass is 119 g/mol. The lowest BCUT2D eigenvalue weighted by molar-refractivity contribution is 1.05. The van der Waals surface area contributed by atoms with Gasteiger partial charge in [0.15, 0.2) is 0 Å². The number of nitrogens with zero attached hydrogens (tertiary/aromatic N) is 2. The van der Waals surface area contributed by atoms with Crippen LogP contribution in [0.3, 0.4) is 0 Å². The number of aromatic amines is 1. The molecule has 1 N–H and O–H groups in total. The molecule has 0 atom stereocenters. The number of fused-ring (bicyclic) bond motifs is 1. The molecule has 3 heteroatoms. The zero-order chi connectivity index (χ0) is 6.10. The van der Waals surface area contributed by atoms with Gasteiger partial charge >= 0.3 is 0 Å². The lowest BCUT2D eigenvalue weighted by atomic mass is 10.4. The summed E-state index contributed by atoms with van der Waals surface area (Å²) in [4.78, 5) is 3.02. The van der Waals surface area contributed by atoms with E-state index >= 15 is 0 Å². The smallest absolute Gasteiger partial charge is 0.0737 e. The van der Waals surface area contributed by atoms with Crippen molar-refractivity contribution in [2.75, 3.05) is 0 Å². The molecule has 0 aliphatic rings. The Bertz CT molecular complexity index is 282. The van der Waals surface area contributed by atoms with Crippen molar-refractivity contribution in [1.82, 2.24) is 15.2 Å². The average Bonchev–Trinajstić information content (AvgIpc) is 2.33. The van der Waals surface area contributed by atoms with Crippen molar-refractivity contribution < 1.29 is 0 Å². The first kappa shape index (κ1) is 4.49. The molecule has 0 aromatic carbocycles. The minimum Gasteiger partial charge on any atom is -0.360 e. The Morgan fingerprint density at radius 3 is 3.00 bits per heavy atom. The molecule has 2 heterocycles. The van der Waals surface area contributed by atoms with Crippen molar-refractivity contribution in [3.05, 3.63) is 24.7 Å². The molecule has 0 bridgehead atoms. The van der Waals surface area contributed by atoms with Crippen molar-refractivity contribution in [2.24, 2.45) is 0 Å². The summed E-state index contributed by atoms with van der Waals surface area (Å²) < 4.78 is 0. The van der Waals surface area contributed by atoms with Gasteiger partial charge in [-0.2, -0.15) is 10.2 Å². The van der Waals surface area contributed by atoms with Crippen LogP contribution in [0.15, 0.2) is 24.7 Å². The third-order valence-electron chi connectivity index (χ3n) is 1.26. The molecular weight excluding hydrogens is 114 g/mol. The first-order chi connectivity index (χ1) is 4.47. The van der Waals surface area contributed by atoms with Gasteiger partial charge in [-0.05, 0) is 6.07 Å². The molecule has 0 amide bonds. The van der Waals surface area contributed by atoms with Gasteiger partial charge in [-0.3, -0.25) is 0 Å². The highest BCUT2D eigenvalue weighted by Gasteiger charge is 1.88. The van der Waals surface area contributed by atoms with Crippen LogP contribution >= 0.6 is 0 Å². The summed E-state index contributed by atoms with van der Waals surface area (Å²) in [7, 11) is 0. The maximum absolute atomic E-state index is 3.72. The fourth-order valence-electron chi connectivity index (χ4n) is 0.805. The van der Waals surface area contributed by atoms with Gasteiger partial charge in [0.05, 0.1) is 17.9 Å². The molecule has 0 saturated carbocycles. The van der Waals surface area contributed by atoms with Crippen molar-refractivity contribution in [2.45, 2.75) is 0 Å². The minimum absolute atomic E-state index is 1.03. The molecule has 0 aliphatic carbocycles. The van der Waals surface area contributed by atoms with E-state index in [1.54, 1.807) is 12.4 Å². The molecule has 0 fully saturated rings. The highest BCUT2D eigenvalue weighted by Crippen LogP contribution is 2.05. The summed E-state index contributed by atoms with van der Waals surface area (Å²) in [6.07, 6.45) is 5.30. The Balaban J connectivity index is 2.95. The maximum Gasteiger partial charge on any atom is 0.0737 e. The quantitative estimate of drug-likeness (QED) is 0.561. The fraction of sp³-hybridized carbons (Fsp3) is 0. The van der Waals surface area contributed by atoms with Crippen molar-refractivity contribution in [3.8, 4) is 0 Å². The van der Waals surface area contributed by atoms with Gasteiger partial charge < -0.3 is 4.98 Å². The number of nitrogens with one attached hydrogen (secondary N) is 1. The molecule has 2 aromatic rings. The van der Waals surface area contributed by atoms with Gasteiger partial charge in [0, 0.05) is 11.6 Å². The molecule has 0 radical (unpaired) electrons. The van der Waals surface area contributed by atoms with E-state index in [2.05, 4.69) is 15.2 Å². The van der Waals surface area contributed by atoms with Crippen LogP contribution in [0.4, 0.5) is 0 Å². The van der Waals surface area contributed by atoms with Crippen LogP contribution in [0.1, 0.15) is 0 Å². The third kappa shape index (κ3) is 0.579. The Kier molecular flexibility index (Phi) is 0.773. The Labute approximate surface area is 51.7 Å². The van der Waals surface area contributed by atoms with Gasteiger partial charge in [0.1, 0.15) is 0 Å². The SMILES string of the molecule is c1cc2cnncc2[nH]1. The van der Waals surface area contributed by atoms with Crippen LogP contribution in [-0.4, -0.2) is 15.2 Å². The Hall–Kier alpha value is -1.38. The molecular formula is C6H5N3. The number of hydrogen-bond donors (Lipinski definition) is 1. The fourth-order valence-corrected chi connectivity index (χ4v) is 0.805. The molecule has 2 aromatic heterocycles. The second-order valence-corrected chi connectivity index (χ2v) is 1.84. The van der Waals surface area contributed by atoms with Crippen LogP contribution in [-0.2, 0) is 0 Å². The molecule has 2 rings (SSSR count). The lowest BCUT2D eigenvalue weighted by Gasteiger charge is -1.81. The van der Waals surface area contributed by atoms with E-state index < -0.39 is 0 Å². The zero-order valence-electron chi connectivity index (χ0n) is 4.70. The highest BCUT2D eigenvalue weighted by molar-refractivity contribution is 5.76. The second kappa shape index (κ2) is 1.55. The number of hydrogen-bond acceptors (Lipinski definition) is 2. The first-order valence-electron chi connectivity index (χ1n) is 2.70. The van der Waals surface area contributed by atoms with E-state index in [4.69, 9.17) is 0 Å². The van der Waals surface area contributed by atoms with Crippen molar-refractivity contribution >= 4 is 10.9 Å². The highest BCUT2D eigenvalue weighted by atomic mass is 15.1. The molecule has 44 valence electrons. The Morgan fingerprint density at radius 2 is 2.11 bits per heavy atom. The summed E-state index contributed by atoms with van der Waals surface area (Å²) >= 11 is 0. The van der Waals surface area contributed by atoms with Gasteiger partial charge in [-0.15, -0.1) is 0 Å². The summed E-state index contributed by atoms with van der Waals surface area (Å²) in [6.45, 7) is 0. The van der Waals surface area contributed by atoms with E-state index in [1.165, 1.54) is 0 Å². The van der Waals surface area contributed by atoms with Crippen LogP contribution in [0.25, 0.3) is 10.9 Å². The standard InChI is InChI=1S/C6H5N3/c1-2-7-6-4-9-8-3-5(1)6/h1-4,7H. The van der Waals surface area contributed by atoms with Gasteiger partial charge in [0.25, 0.3) is 0 Å². The Morgan fingerprint density at radius 1 is 1.22 bits per heavy atom. The third-order valence-corrected chi connectivity index (χ3v) is 1.26. The second-order valence-electron chi connectivity index (χ2n) is 1.84. The summed E-state index contributed by atoms with van der Waals surface area (Å²) in [6, 6.07) is 1.96. The number of rotatable bonds is 0. The lowest BCUT2D eigenvalue weighted by Crippen LogP contribution is -1.75. The van der Waals surface area contributed by atoms with E-state index in [0.29, 0.717) is 0 Å². The number of aromatic nitrogens is 3. The van der Waals surface area contributed by atoms with Crippen molar-refractivity contribution in [1.29, 1.82) is 0 Å². The van der Waals surface area contributed by atoms with Crippen LogP contribution < -0.4 is 0 Å². The summed E-state index contributed by atoms with van der Waals surface area (Å²) in [5.74, 6) is 0. The topological polar surface area (TPSA) is 41.6 Å². The summed E-state index contributed by atoms with van der Waals surface area (Å²) in [5, 5.41) is 8.52. The van der Waals surface area contributed by atoms with Crippen LogP contribution in [0.2, 0.25) is 0 Å². The zero-order valence-corrected chi connectivity index (χ0v) is 4.70. The van der Waals surface area contributed by atoms with Crippen molar-refractivity contribution in [3.63, 3.8) is 0 Å². The average molecular weight is 119 g/mol. The number of H-pyrrole nitrogens is 1. The normalized spacial score (nSPS) is 10.2. The van der Waals surface area contributed by atoms with Gasteiger partial charge in [0.2, 0.25) is 0 Å². The van der Waals surface area contributed by atoms with Gasteiger partial charge in [-0.25, -0.2) is 0 Å². The molecule has 0 saturated heterocycles. The van der Waals surface area contributed by atoms with Crippen LogP contribution in [0.5, 0.6) is 0 Å². The van der Waals surface area contributed by atoms with E-state index in [1.807, 2.05) is 12.3 Å². The van der Waals surface area contributed by atoms with E-state index in [-0.39, 0.29) is 0 Å². The molecule has 9 heavy (non-hydrogen) atoms. The molecule has 0 aliphatic heterocycles. The minimum atomic E-state index is 1.03. The van der Waals surface area contributed by atoms with Crippen LogP contribution in [0, 0.1) is 0 Å². The molecule has 0 unspecified atom stereocenters. The first-order valence-corrected chi connectivity index (χ1v) is 2.70. The van der Waals surface area contributed by atoms with E-state index in [0.717, 1.165) is 10.9 Å². The summed E-state index contributed by atoms with van der Waals surface area (Å²) in [5.41, 5.74) is 1.03. The largest absolute Gasteiger partial charge is 0.360 e. The molecule has 3 nitrogen and oxygen atoms in total. The molecule has 0 spiro atoms. The predicted molar refractivity (Wildman–Crippen MR) is 33.9 cm³/mol. The van der Waals surface area contributed by atoms with Gasteiger partial charge in [-0.1, -0.05) is 0 Å². The maximum atomic E-state index is 3.72. The van der Waals surface area contributed by atoms with E-state index in [9.17, 15) is 0 Å².